The van der Waals surface area contributed by atoms with Crippen LogP contribution in [0.15, 0.2) is 24.3 Å². The Hall–Kier alpha value is -1.31. The van der Waals surface area contributed by atoms with Crippen molar-refractivity contribution in [3.63, 3.8) is 0 Å². The maximum Gasteiger partial charge on any atom is 0.306 e. The molecule has 0 aromatic heterocycles. The molecule has 0 amide bonds. The van der Waals surface area contributed by atoms with Crippen molar-refractivity contribution in [2.24, 2.45) is 5.92 Å². The molecular weight excluding hydrogens is 260 g/mol. The van der Waals surface area contributed by atoms with Crippen LogP contribution in [-0.4, -0.2) is 5.97 Å². The third kappa shape index (κ3) is 8.54. The van der Waals surface area contributed by atoms with Gasteiger partial charge in [0.05, 0.1) is 0 Å². The van der Waals surface area contributed by atoms with Gasteiger partial charge >= 0.3 is 5.97 Å². The van der Waals surface area contributed by atoms with Gasteiger partial charge in [0.15, 0.2) is 0 Å². The summed E-state index contributed by atoms with van der Waals surface area (Å²) in [4.78, 5) is 11.6. The molecule has 1 aromatic carbocycles. The summed E-state index contributed by atoms with van der Waals surface area (Å²) in [5.74, 6) is 0.596. The number of ether oxygens (including phenoxy) is 1. The average molecular weight is 290 g/mol. The first-order chi connectivity index (χ1) is 10.1. The van der Waals surface area contributed by atoms with E-state index in [0.29, 0.717) is 18.9 Å². The topological polar surface area (TPSA) is 26.3 Å². The number of hydrogen-bond donors (Lipinski definition) is 0. The van der Waals surface area contributed by atoms with E-state index in [-0.39, 0.29) is 5.97 Å². The lowest BCUT2D eigenvalue weighted by Gasteiger charge is -2.07. The lowest BCUT2D eigenvalue weighted by atomic mass is 10.0. The number of unbranched alkanes of at least 4 members (excludes halogenated alkanes) is 4. The van der Waals surface area contributed by atoms with Gasteiger partial charge in [0, 0.05) is 6.42 Å². The van der Waals surface area contributed by atoms with Crippen LogP contribution in [0.3, 0.4) is 0 Å². The molecule has 118 valence electrons. The maximum absolute atomic E-state index is 11.6. The average Bonchev–Trinajstić information content (AvgIpc) is 2.46. The van der Waals surface area contributed by atoms with Crippen molar-refractivity contribution in [2.75, 3.05) is 0 Å². The zero-order chi connectivity index (χ0) is 15.5. The summed E-state index contributed by atoms with van der Waals surface area (Å²) >= 11 is 0. The van der Waals surface area contributed by atoms with E-state index in [4.69, 9.17) is 4.74 Å². The highest BCUT2D eigenvalue weighted by Gasteiger charge is 2.04. The summed E-state index contributed by atoms with van der Waals surface area (Å²) < 4.78 is 5.32. The second-order valence-electron chi connectivity index (χ2n) is 6.24. The van der Waals surface area contributed by atoms with Crippen LogP contribution in [0, 0.1) is 5.92 Å². The van der Waals surface area contributed by atoms with Crippen molar-refractivity contribution in [1.82, 2.24) is 0 Å². The molecule has 0 saturated carbocycles. The number of carbonyl (C=O) groups excluding carboxylic acids is 1. The third-order valence-electron chi connectivity index (χ3n) is 3.55. The van der Waals surface area contributed by atoms with Crippen LogP contribution < -0.4 is 0 Å². The van der Waals surface area contributed by atoms with Crippen molar-refractivity contribution in [1.29, 1.82) is 0 Å². The van der Waals surface area contributed by atoms with Crippen LogP contribution >= 0.6 is 0 Å². The first kappa shape index (κ1) is 17.7. The van der Waals surface area contributed by atoms with E-state index >= 15 is 0 Å². The Morgan fingerprint density at radius 1 is 1.00 bits per heavy atom. The van der Waals surface area contributed by atoms with Gasteiger partial charge in [-0.3, -0.25) is 4.79 Å². The fraction of sp³-hybridized carbons (Fsp3) is 0.632. The monoisotopic (exact) mass is 290 g/mol. The second-order valence-corrected chi connectivity index (χ2v) is 6.24. The molecule has 0 aliphatic heterocycles. The van der Waals surface area contributed by atoms with Crippen molar-refractivity contribution >= 4 is 5.97 Å². The van der Waals surface area contributed by atoms with Crippen LogP contribution in [0.25, 0.3) is 0 Å². The molecule has 2 nitrogen and oxygen atoms in total. The molecule has 0 radical (unpaired) electrons. The van der Waals surface area contributed by atoms with Crippen LogP contribution in [0.1, 0.15) is 70.4 Å². The van der Waals surface area contributed by atoms with Gasteiger partial charge in [-0.25, -0.2) is 0 Å². The molecule has 21 heavy (non-hydrogen) atoms. The predicted molar refractivity (Wildman–Crippen MR) is 88.2 cm³/mol. The Bertz CT molecular complexity index is 393. The standard InChI is InChI=1S/C19H30O2/c1-4-5-6-7-8-9-19(20)21-15-18-12-10-17(11-13-18)14-16(2)3/h10-13,16H,4-9,14-15H2,1-3H3. The maximum atomic E-state index is 11.6. The SMILES string of the molecule is CCCCCCCC(=O)OCc1ccc(CC(C)C)cc1. The lowest BCUT2D eigenvalue weighted by molar-refractivity contribution is -0.145. The number of hydrogen-bond acceptors (Lipinski definition) is 2. The highest BCUT2D eigenvalue weighted by Crippen LogP contribution is 2.11. The Balaban J connectivity index is 2.20. The van der Waals surface area contributed by atoms with E-state index < -0.39 is 0 Å². The van der Waals surface area contributed by atoms with Gasteiger partial charge < -0.3 is 4.74 Å². The molecule has 2 heteroatoms. The number of benzene rings is 1. The van der Waals surface area contributed by atoms with Gasteiger partial charge in [0.2, 0.25) is 0 Å². The lowest BCUT2D eigenvalue weighted by Crippen LogP contribution is -2.04. The van der Waals surface area contributed by atoms with Crippen LogP contribution in [-0.2, 0) is 22.6 Å². The number of carbonyl (C=O) groups is 1. The smallest absolute Gasteiger partial charge is 0.306 e. The Morgan fingerprint density at radius 2 is 1.62 bits per heavy atom. The van der Waals surface area contributed by atoms with Gasteiger partial charge in [-0.2, -0.15) is 0 Å². The zero-order valence-electron chi connectivity index (χ0n) is 13.9. The molecule has 0 fully saturated rings. The van der Waals surface area contributed by atoms with E-state index in [0.717, 1.165) is 24.8 Å². The molecular formula is C19H30O2. The molecule has 0 heterocycles. The first-order valence-corrected chi connectivity index (χ1v) is 8.35. The molecule has 1 rings (SSSR count). The summed E-state index contributed by atoms with van der Waals surface area (Å²) in [6, 6.07) is 8.39. The summed E-state index contributed by atoms with van der Waals surface area (Å²) in [6.45, 7) is 7.03. The Labute approximate surface area is 129 Å². The molecule has 0 atom stereocenters. The second kappa shape index (κ2) is 10.4. The van der Waals surface area contributed by atoms with Crippen molar-refractivity contribution in [3.8, 4) is 0 Å². The highest BCUT2D eigenvalue weighted by molar-refractivity contribution is 5.69. The number of esters is 1. The van der Waals surface area contributed by atoms with Crippen LogP contribution in [0.5, 0.6) is 0 Å². The van der Waals surface area contributed by atoms with Crippen molar-refractivity contribution < 1.29 is 9.53 Å². The molecule has 0 spiro atoms. The molecule has 0 aliphatic carbocycles. The summed E-state index contributed by atoms with van der Waals surface area (Å²) in [6.07, 6.45) is 7.45. The summed E-state index contributed by atoms with van der Waals surface area (Å²) in [5.41, 5.74) is 2.41. The fourth-order valence-corrected chi connectivity index (χ4v) is 2.35. The van der Waals surface area contributed by atoms with Gasteiger partial charge in [0.1, 0.15) is 6.61 Å². The fourth-order valence-electron chi connectivity index (χ4n) is 2.35. The Morgan fingerprint density at radius 3 is 2.24 bits per heavy atom. The van der Waals surface area contributed by atoms with Crippen LogP contribution in [0.4, 0.5) is 0 Å². The molecule has 0 saturated heterocycles. The molecule has 0 unspecified atom stereocenters. The van der Waals surface area contributed by atoms with E-state index in [2.05, 4.69) is 45.0 Å². The van der Waals surface area contributed by atoms with Gasteiger partial charge in [-0.1, -0.05) is 70.7 Å². The molecule has 0 N–H and O–H groups in total. The third-order valence-corrected chi connectivity index (χ3v) is 3.55. The van der Waals surface area contributed by atoms with Crippen molar-refractivity contribution in [2.45, 2.75) is 72.3 Å². The van der Waals surface area contributed by atoms with Gasteiger partial charge in [-0.15, -0.1) is 0 Å². The summed E-state index contributed by atoms with van der Waals surface area (Å²) in [7, 11) is 0. The van der Waals surface area contributed by atoms with E-state index in [1.54, 1.807) is 0 Å². The first-order valence-electron chi connectivity index (χ1n) is 8.35. The Kier molecular flexibility index (Phi) is 8.80. The minimum absolute atomic E-state index is 0.0715. The van der Waals surface area contributed by atoms with E-state index in [1.807, 2.05) is 0 Å². The largest absolute Gasteiger partial charge is 0.461 e. The molecule has 0 bridgehead atoms. The van der Waals surface area contributed by atoms with Gasteiger partial charge in [-0.05, 0) is 29.9 Å². The van der Waals surface area contributed by atoms with Crippen LogP contribution in [0.2, 0.25) is 0 Å². The quantitative estimate of drug-likeness (QED) is 0.432. The summed E-state index contributed by atoms with van der Waals surface area (Å²) in [5, 5.41) is 0. The normalized spacial score (nSPS) is 10.9. The van der Waals surface area contributed by atoms with Gasteiger partial charge in [0.25, 0.3) is 0 Å². The predicted octanol–water partition coefficient (Wildman–Crippen LogP) is 5.29. The minimum Gasteiger partial charge on any atom is -0.461 e. The van der Waals surface area contributed by atoms with E-state index in [9.17, 15) is 4.79 Å². The van der Waals surface area contributed by atoms with Crippen molar-refractivity contribution in [3.05, 3.63) is 35.4 Å². The molecule has 0 aliphatic rings. The van der Waals surface area contributed by atoms with E-state index in [1.165, 1.54) is 24.8 Å². The molecule has 1 aromatic rings. The number of rotatable bonds is 10. The zero-order valence-corrected chi connectivity index (χ0v) is 13.9. The minimum atomic E-state index is -0.0715. The highest BCUT2D eigenvalue weighted by atomic mass is 16.5.